The minimum absolute atomic E-state index is 0.218. The summed E-state index contributed by atoms with van der Waals surface area (Å²) in [5.74, 6) is 0.159. The Morgan fingerprint density at radius 2 is 1.95 bits per heavy atom. The minimum atomic E-state index is -0.695. The molecule has 20 heavy (non-hydrogen) atoms. The van der Waals surface area contributed by atoms with Gasteiger partial charge in [-0.1, -0.05) is 29.4 Å². The summed E-state index contributed by atoms with van der Waals surface area (Å²) in [6.07, 6.45) is 0. The van der Waals surface area contributed by atoms with Gasteiger partial charge in [-0.05, 0) is 17.5 Å². The van der Waals surface area contributed by atoms with Crippen molar-refractivity contribution in [3.8, 4) is 11.5 Å². The summed E-state index contributed by atoms with van der Waals surface area (Å²) >= 11 is 0. The van der Waals surface area contributed by atoms with Crippen LogP contribution in [0.4, 0.5) is 4.39 Å². The van der Waals surface area contributed by atoms with E-state index in [0.717, 1.165) is 0 Å². The fourth-order valence-electron chi connectivity index (χ4n) is 2.03. The molecule has 5 nitrogen and oxygen atoms in total. The van der Waals surface area contributed by atoms with E-state index in [0.29, 0.717) is 16.3 Å². The lowest BCUT2D eigenvalue weighted by Crippen LogP contribution is -2.15. The highest BCUT2D eigenvalue weighted by Gasteiger charge is 2.16. The molecule has 0 aliphatic carbocycles. The number of rotatable bonds is 3. The summed E-state index contributed by atoms with van der Waals surface area (Å²) in [7, 11) is 0. The van der Waals surface area contributed by atoms with Crippen LogP contribution in [0.15, 0.2) is 40.9 Å². The molecular weight excluding hydrogens is 261 g/mol. The number of aliphatic hydroxyl groups is 1. The van der Waals surface area contributed by atoms with Gasteiger partial charge in [0, 0.05) is 10.9 Å². The van der Waals surface area contributed by atoms with Gasteiger partial charge in [-0.2, -0.15) is 4.98 Å². The first-order valence-electron chi connectivity index (χ1n) is 6.08. The van der Waals surface area contributed by atoms with Crippen LogP contribution < -0.4 is 5.73 Å². The molecule has 1 atom stereocenters. The first-order valence-corrected chi connectivity index (χ1v) is 6.08. The summed E-state index contributed by atoms with van der Waals surface area (Å²) in [4.78, 5) is 4.15. The average molecular weight is 273 g/mol. The Morgan fingerprint density at radius 1 is 1.20 bits per heavy atom. The van der Waals surface area contributed by atoms with Crippen LogP contribution in [0.1, 0.15) is 11.9 Å². The van der Waals surface area contributed by atoms with Crippen molar-refractivity contribution >= 4 is 10.8 Å². The highest BCUT2D eigenvalue weighted by molar-refractivity contribution is 5.95. The van der Waals surface area contributed by atoms with E-state index < -0.39 is 6.04 Å². The van der Waals surface area contributed by atoms with Crippen LogP contribution in [-0.2, 0) is 0 Å². The number of hydrogen-bond acceptors (Lipinski definition) is 5. The maximum atomic E-state index is 13.8. The van der Waals surface area contributed by atoms with Crippen molar-refractivity contribution in [1.82, 2.24) is 10.1 Å². The molecule has 2 aromatic carbocycles. The largest absolute Gasteiger partial charge is 0.394 e. The summed E-state index contributed by atoms with van der Waals surface area (Å²) < 4.78 is 18.9. The van der Waals surface area contributed by atoms with E-state index in [1.54, 1.807) is 24.3 Å². The number of nitrogens with zero attached hydrogens (tertiary/aromatic N) is 2. The SMILES string of the molecule is NC(CO)c1noc(-c2ccc(F)c3ccccc23)n1. The van der Waals surface area contributed by atoms with Crippen LogP contribution in [0.25, 0.3) is 22.2 Å². The molecular formula is C14H12FN3O2. The van der Waals surface area contributed by atoms with Gasteiger partial charge in [-0.15, -0.1) is 0 Å². The zero-order chi connectivity index (χ0) is 14.1. The zero-order valence-corrected chi connectivity index (χ0v) is 10.5. The average Bonchev–Trinajstić information content (AvgIpc) is 2.97. The maximum Gasteiger partial charge on any atom is 0.258 e. The lowest BCUT2D eigenvalue weighted by molar-refractivity contribution is 0.260. The Hall–Kier alpha value is -2.31. The molecule has 3 N–H and O–H groups in total. The van der Waals surface area contributed by atoms with Gasteiger partial charge in [-0.3, -0.25) is 0 Å². The normalized spacial score (nSPS) is 12.8. The molecule has 102 valence electrons. The second kappa shape index (κ2) is 4.99. The second-order valence-corrected chi connectivity index (χ2v) is 4.39. The zero-order valence-electron chi connectivity index (χ0n) is 10.5. The predicted molar refractivity (Wildman–Crippen MR) is 71.2 cm³/mol. The molecule has 0 spiro atoms. The van der Waals surface area contributed by atoms with Crippen molar-refractivity contribution in [3.63, 3.8) is 0 Å². The third-order valence-corrected chi connectivity index (χ3v) is 3.07. The van der Waals surface area contributed by atoms with Gasteiger partial charge in [0.05, 0.1) is 12.6 Å². The van der Waals surface area contributed by atoms with E-state index in [2.05, 4.69) is 10.1 Å². The van der Waals surface area contributed by atoms with Crippen LogP contribution in [0.5, 0.6) is 0 Å². The number of halogens is 1. The van der Waals surface area contributed by atoms with Crippen LogP contribution in [-0.4, -0.2) is 21.9 Å². The van der Waals surface area contributed by atoms with Crippen LogP contribution in [0, 0.1) is 5.82 Å². The van der Waals surface area contributed by atoms with Crippen LogP contribution in [0.3, 0.4) is 0 Å². The van der Waals surface area contributed by atoms with Gasteiger partial charge in [0.25, 0.3) is 5.89 Å². The Bertz CT molecular complexity index is 757. The number of hydrogen-bond donors (Lipinski definition) is 2. The van der Waals surface area contributed by atoms with Gasteiger partial charge >= 0.3 is 0 Å². The van der Waals surface area contributed by atoms with E-state index in [4.69, 9.17) is 15.4 Å². The molecule has 1 aromatic heterocycles. The van der Waals surface area contributed by atoms with Gasteiger partial charge in [-0.25, -0.2) is 4.39 Å². The molecule has 0 radical (unpaired) electrons. The summed E-state index contributed by atoms with van der Waals surface area (Å²) in [5, 5.41) is 13.9. The highest BCUT2D eigenvalue weighted by Crippen LogP contribution is 2.29. The molecule has 0 aliphatic heterocycles. The summed E-state index contributed by atoms with van der Waals surface area (Å²) in [6.45, 7) is -0.275. The summed E-state index contributed by atoms with van der Waals surface area (Å²) in [5.41, 5.74) is 6.26. The Morgan fingerprint density at radius 3 is 2.70 bits per heavy atom. The molecule has 0 saturated heterocycles. The van der Waals surface area contributed by atoms with E-state index in [1.807, 2.05) is 6.07 Å². The van der Waals surface area contributed by atoms with Crippen molar-refractivity contribution < 1.29 is 14.0 Å². The van der Waals surface area contributed by atoms with Crippen molar-refractivity contribution in [1.29, 1.82) is 0 Å². The minimum Gasteiger partial charge on any atom is -0.394 e. The third-order valence-electron chi connectivity index (χ3n) is 3.07. The Labute approximate surface area is 113 Å². The molecule has 0 amide bonds. The molecule has 0 bridgehead atoms. The van der Waals surface area contributed by atoms with Crippen LogP contribution in [0.2, 0.25) is 0 Å². The fraction of sp³-hybridized carbons (Fsp3) is 0.143. The van der Waals surface area contributed by atoms with Gasteiger partial charge < -0.3 is 15.4 Å². The highest BCUT2D eigenvalue weighted by atomic mass is 19.1. The van der Waals surface area contributed by atoms with Gasteiger partial charge in [0.15, 0.2) is 5.82 Å². The van der Waals surface area contributed by atoms with Gasteiger partial charge in [0.2, 0.25) is 0 Å². The molecule has 6 heteroatoms. The number of fused-ring (bicyclic) bond motifs is 1. The maximum absolute atomic E-state index is 13.8. The van der Waals surface area contributed by atoms with Crippen LogP contribution >= 0.6 is 0 Å². The lowest BCUT2D eigenvalue weighted by Gasteiger charge is -2.03. The number of nitrogens with two attached hydrogens (primary N) is 1. The molecule has 3 aromatic rings. The predicted octanol–water partition coefficient (Wildman–Crippen LogP) is 2.02. The number of aromatic nitrogens is 2. The molecule has 0 saturated carbocycles. The number of aliphatic hydroxyl groups excluding tert-OH is 1. The molecule has 1 heterocycles. The lowest BCUT2D eigenvalue weighted by atomic mass is 10.0. The Balaban J connectivity index is 2.15. The molecule has 0 aliphatic rings. The topological polar surface area (TPSA) is 85.2 Å². The van der Waals surface area contributed by atoms with E-state index in [-0.39, 0.29) is 24.1 Å². The monoisotopic (exact) mass is 273 g/mol. The molecule has 0 fully saturated rings. The first kappa shape index (κ1) is 12.7. The Kier molecular flexibility index (Phi) is 3.17. The molecule has 3 rings (SSSR count). The van der Waals surface area contributed by atoms with Crippen molar-refractivity contribution in [2.45, 2.75) is 6.04 Å². The van der Waals surface area contributed by atoms with Gasteiger partial charge in [0.1, 0.15) is 5.82 Å². The molecule has 1 unspecified atom stereocenters. The smallest absolute Gasteiger partial charge is 0.258 e. The number of benzene rings is 2. The first-order chi connectivity index (χ1) is 9.70. The van der Waals surface area contributed by atoms with E-state index in [9.17, 15) is 4.39 Å². The third kappa shape index (κ3) is 2.04. The van der Waals surface area contributed by atoms with E-state index >= 15 is 0 Å². The van der Waals surface area contributed by atoms with Crippen molar-refractivity contribution in [3.05, 3.63) is 48.0 Å². The van der Waals surface area contributed by atoms with Crippen molar-refractivity contribution in [2.24, 2.45) is 5.73 Å². The second-order valence-electron chi connectivity index (χ2n) is 4.39. The van der Waals surface area contributed by atoms with E-state index in [1.165, 1.54) is 6.07 Å². The fourth-order valence-corrected chi connectivity index (χ4v) is 2.03. The van der Waals surface area contributed by atoms with Crippen molar-refractivity contribution in [2.75, 3.05) is 6.61 Å². The summed E-state index contributed by atoms with van der Waals surface area (Å²) in [6, 6.07) is 9.28. The standard InChI is InChI=1S/C14H12FN3O2/c15-11-6-5-10(8-3-1-2-4-9(8)11)14-17-13(18-20-14)12(16)7-19/h1-6,12,19H,7,16H2. The quantitative estimate of drug-likeness (QED) is 0.762.